The summed E-state index contributed by atoms with van der Waals surface area (Å²) in [6.45, 7) is 0. The number of furan rings is 1. The number of nitrogens with zero attached hydrogens (tertiary/aromatic N) is 1. The molecular formula is C16H10BrNO. The lowest BCUT2D eigenvalue weighted by molar-refractivity contribution is 0.560. The lowest BCUT2D eigenvalue weighted by Crippen LogP contribution is -1.91. The Hall–Kier alpha value is -2.05. The number of para-hydroxylation sites is 1. The summed E-state index contributed by atoms with van der Waals surface area (Å²) in [6, 6.07) is 17.7. The zero-order valence-corrected chi connectivity index (χ0v) is 11.6. The first kappa shape index (κ1) is 12.0. The molecular weight excluding hydrogens is 302 g/mol. The topological polar surface area (TPSA) is 36.9 Å². The number of hydrogen-bond donors (Lipinski definition) is 0. The third-order valence-electron chi connectivity index (χ3n) is 3.09. The van der Waals surface area contributed by atoms with Crippen molar-refractivity contribution >= 4 is 26.9 Å². The van der Waals surface area contributed by atoms with E-state index in [0.29, 0.717) is 12.0 Å². The Balaban J connectivity index is 2.07. The second-order valence-corrected chi connectivity index (χ2v) is 5.07. The van der Waals surface area contributed by atoms with Gasteiger partial charge in [0.25, 0.3) is 0 Å². The van der Waals surface area contributed by atoms with Crippen LogP contribution in [0.4, 0.5) is 0 Å². The van der Waals surface area contributed by atoms with E-state index in [9.17, 15) is 0 Å². The molecule has 0 unspecified atom stereocenters. The summed E-state index contributed by atoms with van der Waals surface area (Å²) in [5.41, 5.74) is 2.53. The first-order chi connectivity index (χ1) is 9.29. The molecule has 19 heavy (non-hydrogen) atoms. The standard InChI is InChI=1S/C16H10BrNO/c17-16-13-7-3-4-8-14(13)19-15(16)9-11-5-1-2-6-12(11)10-18/h1-8H,9H2. The van der Waals surface area contributed by atoms with Crippen molar-refractivity contribution in [3.05, 3.63) is 69.9 Å². The summed E-state index contributed by atoms with van der Waals surface area (Å²) in [6.07, 6.45) is 0.610. The molecule has 0 N–H and O–H groups in total. The number of halogens is 1. The van der Waals surface area contributed by atoms with Crippen LogP contribution in [0.15, 0.2) is 57.4 Å². The fourth-order valence-electron chi connectivity index (χ4n) is 2.13. The monoisotopic (exact) mass is 311 g/mol. The third-order valence-corrected chi connectivity index (χ3v) is 3.96. The molecule has 0 amide bonds. The predicted octanol–water partition coefficient (Wildman–Crippen LogP) is 4.66. The largest absolute Gasteiger partial charge is 0.459 e. The van der Waals surface area contributed by atoms with E-state index in [1.165, 1.54) is 0 Å². The van der Waals surface area contributed by atoms with Crippen LogP contribution in [0.1, 0.15) is 16.9 Å². The molecule has 3 heteroatoms. The highest BCUT2D eigenvalue weighted by Gasteiger charge is 2.13. The van der Waals surface area contributed by atoms with Crippen molar-refractivity contribution in [2.24, 2.45) is 0 Å². The molecule has 3 rings (SSSR count). The molecule has 0 aliphatic heterocycles. The molecule has 92 valence electrons. The molecule has 0 saturated carbocycles. The average molecular weight is 312 g/mol. The van der Waals surface area contributed by atoms with Crippen molar-refractivity contribution < 1.29 is 4.42 Å². The molecule has 0 fully saturated rings. The summed E-state index contributed by atoms with van der Waals surface area (Å²) < 4.78 is 6.81. The molecule has 0 radical (unpaired) electrons. The van der Waals surface area contributed by atoms with Gasteiger partial charge in [-0.05, 0) is 39.7 Å². The van der Waals surface area contributed by atoms with E-state index in [0.717, 1.165) is 26.8 Å². The van der Waals surface area contributed by atoms with Gasteiger partial charge in [0.1, 0.15) is 11.3 Å². The molecule has 0 aliphatic rings. The van der Waals surface area contributed by atoms with Crippen molar-refractivity contribution in [2.45, 2.75) is 6.42 Å². The Labute approximate surface area is 119 Å². The van der Waals surface area contributed by atoms with Crippen LogP contribution in [0, 0.1) is 11.3 Å². The minimum absolute atomic E-state index is 0.610. The Kier molecular flexibility index (Phi) is 3.10. The van der Waals surface area contributed by atoms with Gasteiger partial charge < -0.3 is 4.42 Å². The highest BCUT2D eigenvalue weighted by atomic mass is 79.9. The Morgan fingerprint density at radius 3 is 2.58 bits per heavy atom. The van der Waals surface area contributed by atoms with Gasteiger partial charge in [-0.25, -0.2) is 0 Å². The van der Waals surface area contributed by atoms with Crippen molar-refractivity contribution in [1.82, 2.24) is 0 Å². The van der Waals surface area contributed by atoms with Crippen molar-refractivity contribution in [1.29, 1.82) is 5.26 Å². The average Bonchev–Trinajstić information content (AvgIpc) is 2.77. The maximum Gasteiger partial charge on any atom is 0.135 e. The van der Waals surface area contributed by atoms with E-state index >= 15 is 0 Å². The molecule has 1 heterocycles. The summed E-state index contributed by atoms with van der Waals surface area (Å²) in [5.74, 6) is 0.851. The number of rotatable bonds is 2. The van der Waals surface area contributed by atoms with Crippen LogP contribution < -0.4 is 0 Å². The summed E-state index contributed by atoms with van der Waals surface area (Å²) in [4.78, 5) is 0. The van der Waals surface area contributed by atoms with E-state index in [1.54, 1.807) is 0 Å². The van der Waals surface area contributed by atoms with Crippen LogP contribution in [0.2, 0.25) is 0 Å². The van der Waals surface area contributed by atoms with E-state index in [1.807, 2.05) is 48.5 Å². The van der Waals surface area contributed by atoms with Gasteiger partial charge in [-0.15, -0.1) is 0 Å². The van der Waals surface area contributed by atoms with Crippen LogP contribution in [0.3, 0.4) is 0 Å². The molecule has 2 nitrogen and oxygen atoms in total. The van der Waals surface area contributed by atoms with E-state index in [4.69, 9.17) is 9.68 Å². The molecule has 0 spiro atoms. The molecule has 1 aromatic heterocycles. The van der Waals surface area contributed by atoms with Gasteiger partial charge in [-0.2, -0.15) is 5.26 Å². The van der Waals surface area contributed by atoms with Gasteiger partial charge in [0.05, 0.1) is 16.1 Å². The highest BCUT2D eigenvalue weighted by molar-refractivity contribution is 9.10. The zero-order chi connectivity index (χ0) is 13.2. The minimum atomic E-state index is 0.610. The van der Waals surface area contributed by atoms with Gasteiger partial charge in [-0.1, -0.05) is 30.3 Å². The molecule has 0 bridgehead atoms. The maximum absolute atomic E-state index is 9.11. The third kappa shape index (κ3) is 2.16. The second kappa shape index (κ2) is 4.91. The lowest BCUT2D eigenvalue weighted by atomic mass is 10.0. The van der Waals surface area contributed by atoms with Crippen LogP contribution in [0.25, 0.3) is 11.0 Å². The minimum Gasteiger partial charge on any atom is -0.459 e. The van der Waals surface area contributed by atoms with Gasteiger partial charge in [-0.3, -0.25) is 0 Å². The number of fused-ring (bicyclic) bond motifs is 1. The number of nitriles is 1. The molecule has 3 aromatic rings. The first-order valence-electron chi connectivity index (χ1n) is 5.93. The maximum atomic E-state index is 9.11. The Morgan fingerprint density at radius 1 is 1.05 bits per heavy atom. The predicted molar refractivity (Wildman–Crippen MR) is 77.9 cm³/mol. The van der Waals surface area contributed by atoms with Gasteiger partial charge in [0.15, 0.2) is 0 Å². The van der Waals surface area contributed by atoms with Crippen molar-refractivity contribution in [3.63, 3.8) is 0 Å². The molecule has 0 atom stereocenters. The van der Waals surface area contributed by atoms with E-state index in [-0.39, 0.29) is 0 Å². The van der Waals surface area contributed by atoms with E-state index < -0.39 is 0 Å². The molecule has 2 aromatic carbocycles. The van der Waals surface area contributed by atoms with E-state index in [2.05, 4.69) is 22.0 Å². The quantitative estimate of drug-likeness (QED) is 0.690. The van der Waals surface area contributed by atoms with Crippen LogP contribution in [-0.4, -0.2) is 0 Å². The van der Waals surface area contributed by atoms with Crippen LogP contribution in [0.5, 0.6) is 0 Å². The Morgan fingerprint density at radius 2 is 1.79 bits per heavy atom. The highest BCUT2D eigenvalue weighted by Crippen LogP contribution is 2.32. The zero-order valence-electron chi connectivity index (χ0n) is 10.1. The number of hydrogen-bond acceptors (Lipinski definition) is 2. The van der Waals surface area contributed by atoms with Gasteiger partial charge in [0, 0.05) is 11.8 Å². The smallest absolute Gasteiger partial charge is 0.135 e. The fourth-order valence-corrected chi connectivity index (χ4v) is 2.68. The van der Waals surface area contributed by atoms with Crippen LogP contribution in [-0.2, 0) is 6.42 Å². The number of benzene rings is 2. The fraction of sp³-hybridized carbons (Fsp3) is 0.0625. The van der Waals surface area contributed by atoms with Gasteiger partial charge >= 0.3 is 0 Å². The van der Waals surface area contributed by atoms with Crippen molar-refractivity contribution in [3.8, 4) is 6.07 Å². The van der Waals surface area contributed by atoms with Crippen molar-refractivity contribution in [2.75, 3.05) is 0 Å². The molecule has 0 aliphatic carbocycles. The van der Waals surface area contributed by atoms with Gasteiger partial charge in [0.2, 0.25) is 0 Å². The summed E-state index contributed by atoms with van der Waals surface area (Å²) >= 11 is 3.58. The molecule has 0 saturated heterocycles. The SMILES string of the molecule is N#Cc1ccccc1Cc1oc2ccccc2c1Br. The summed E-state index contributed by atoms with van der Waals surface area (Å²) in [7, 11) is 0. The lowest BCUT2D eigenvalue weighted by Gasteiger charge is -2.01. The Bertz CT molecular complexity index is 783. The first-order valence-corrected chi connectivity index (χ1v) is 6.73. The second-order valence-electron chi connectivity index (χ2n) is 4.28. The van der Waals surface area contributed by atoms with Crippen LogP contribution >= 0.6 is 15.9 Å². The summed E-state index contributed by atoms with van der Waals surface area (Å²) in [5, 5.41) is 10.2. The normalized spacial score (nSPS) is 10.5.